The molecule has 0 aromatic heterocycles. The summed E-state index contributed by atoms with van der Waals surface area (Å²) in [5.41, 5.74) is 2.34. The highest BCUT2D eigenvalue weighted by atomic mass is 35.5. The summed E-state index contributed by atoms with van der Waals surface area (Å²) in [6.07, 6.45) is 0.649. The van der Waals surface area contributed by atoms with Crippen molar-refractivity contribution in [2.75, 3.05) is 5.75 Å². The molecular formula is C30H34Cl2N2O2S. The Morgan fingerprint density at radius 1 is 0.919 bits per heavy atom. The van der Waals surface area contributed by atoms with E-state index in [9.17, 15) is 9.59 Å². The van der Waals surface area contributed by atoms with Gasteiger partial charge in [-0.15, -0.1) is 11.8 Å². The van der Waals surface area contributed by atoms with Crippen LogP contribution >= 0.6 is 35.0 Å². The molecule has 0 spiro atoms. The third-order valence-corrected chi connectivity index (χ3v) is 7.49. The molecule has 7 heteroatoms. The normalized spacial score (nSPS) is 12.2. The Labute approximate surface area is 234 Å². The summed E-state index contributed by atoms with van der Waals surface area (Å²) in [6.45, 7) is 7.98. The first-order chi connectivity index (χ1) is 17.5. The van der Waals surface area contributed by atoms with Gasteiger partial charge in [-0.1, -0.05) is 77.3 Å². The van der Waals surface area contributed by atoms with Crippen LogP contribution in [-0.4, -0.2) is 34.0 Å². The molecule has 0 heterocycles. The molecule has 3 aromatic rings. The first-order valence-electron chi connectivity index (χ1n) is 12.3. The van der Waals surface area contributed by atoms with E-state index in [4.69, 9.17) is 23.2 Å². The lowest BCUT2D eigenvalue weighted by Crippen LogP contribution is -2.54. The highest BCUT2D eigenvalue weighted by molar-refractivity contribution is 7.99. The van der Waals surface area contributed by atoms with Crippen LogP contribution in [0.5, 0.6) is 0 Å². The summed E-state index contributed by atoms with van der Waals surface area (Å²) in [6, 6.07) is 22.5. The van der Waals surface area contributed by atoms with Crippen molar-refractivity contribution in [2.45, 2.75) is 63.6 Å². The van der Waals surface area contributed by atoms with Gasteiger partial charge in [0.15, 0.2) is 0 Å². The van der Waals surface area contributed by atoms with E-state index in [1.54, 1.807) is 34.9 Å². The topological polar surface area (TPSA) is 49.4 Å². The zero-order chi connectivity index (χ0) is 27.0. The second-order valence-corrected chi connectivity index (χ2v) is 12.1. The molecule has 37 heavy (non-hydrogen) atoms. The lowest BCUT2D eigenvalue weighted by molar-refractivity contribution is -0.141. The first kappa shape index (κ1) is 29.1. The minimum atomic E-state index is -0.731. The van der Waals surface area contributed by atoms with Crippen LogP contribution in [0.2, 0.25) is 10.0 Å². The van der Waals surface area contributed by atoms with Gasteiger partial charge in [0, 0.05) is 51.2 Å². The van der Waals surface area contributed by atoms with Crippen LogP contribution in [0.25, 0.3) is 0 Å². The van der Waals surface area contributed by atoms with Crippen molar-refractivity contribution in [1.29, 1.82) is 0 Å². The van der Waals surface area contributed by atoms with E-state index in [0.717, 1.165) is 10.5 Å². The van der Waals surface area contributed by atoms with Gasteiger partial charge in [-0.3, -0.25) is 9.59 Å². The zero-order valence-electron chi connectivity index (χ0n) is 21.8. The van der Waals surface area contributed by atoms with Gasteiger partial charge >= 0.3 is 0 Å². The van der Waals surface area contributed by atoms with Crippen LogP contribution in [0.15, 0.2) is 77.7 Å². The zero-order valence-corrected chi connectivity index (χ0v) is 24.1. The number of nitrogens with zero attached hydrogens (tertiary/aromatic N) is 1. The first-order valence-corrected chi connectivity index (χ1v) is 14.1. The summed E-state index contributed by atoms with van der Waals surface area (Å²) in [5, 5.41) is 4.01. The number of amides is 2. The van der Waals surface area contributed by atoms with Gasteiger partial charge in [-0.2, -0.15) is 0 Å². The highest BCUT2D eigenvalue weighted by Crippen LogP contribution is 2.28. The van der Waals surface area contributed by atoms with E-state index >= 15 is 0 Å². The van der Waals surface area contributed by atoms with Crippen molar-refractivity contribution in [2.24, 2.45) is 0 Å². The van der Waals surface area contributed by atoms with Gasteiger partial charge in [-0.25, -0.2) is 0 Å². The molecule has 0 bridgehead atoms. The fourth-order valence-electron chi connectivity index (χ4n) is 3.89. The SMILES string of the molecule is Cc1ccc(SCCC(=O)N(Cc2c(Cl)cccc2Cl)[C@H](Cc2ccccc2)C(=O)NC(C)(C)C)cc1. The Kier molecular flexibility index (Phi) is 10.5. The number of hydrogen-bond donors (Lipinski definition) is 1. The van der Waals surface area contributed by atoms with Crippen molar-refractivity contribution in [1.82, 2.24) is 10.2 Å². The molecule has 196 valence electrons. The third kappa shape index (κ3) is 9.10. The third-order valence-electron chi connectivity index (χ3n) is 5.77. The minimum absolute atomic E-state index is 0.124. The average Bonchev–Trinajstić information content (AvgIpc) is 2.83. The number of benzene rings is 3. The number of nitrogens with one attached hydrogen (secondary N) is 1. The number of aryl methyl sites for hydroxylation is 1. The van der Waals surface area contributed by atoms with Gasteiger partial charge in [0.25, 0.3) is 0 Å². The second kappa shape index (κ2) is 13.4. The van der Waals surface area contributed by atoms with Crippen molar-refractivity contribution < 1.29 is 9.59 Å². The lowest BCUT2D eigenvalue weighted by Gasteiger charge is -2.34. The van der Waals surface area contributed by atoms with E-state index in [-0.39, 0.29) is 24.8 Å². The molecule has 1 atom stereocenters. The minimum Gasteiger partial charge on any atom is -0.350 e. The number of carbonyl (C=O) groups is 2. The maximum atomic E-state index is 13.8. The van der Waals surface area contributed by atoms with Gasteiger partial charge in [0.1, 0.15) is 6.04 Å². The summed E-state index contributed by atoms with van der Waals surface area (Å²) in [7, 11) is 0. The average molecular weight is 558 g/mol. The van der Waals surface area contributed by atoms with Crippen LogP contribution in [0.1, 0.15) is 43.9 Å². The molecule has 2 amide bonds. The number of hydrogen-bond acceptors (Lipinski definition) is 3. The van der Waals surface area contributed by atoms with Crippen molar-refractivity contribution in [3.8, 4) is 0 Å². The molecule has 0 aliphatic heterocycles. The summed E-state index contributed by atoms with van der Waals surface area (Å²) in [4.78, 5) is 30.1. The maximum Gasteiger partial charge on any atom is 0.243 e. The Bertz CT molecular complexity index is 1170. The quantitative estimate of drug-likeness (QED) is 0.266. The molecule has 0 saturated carbocycles. The van der Waals surface area contributed by atoms with Crippen LogP contribution in [0.3, 0.4) is 0 Å². The largest absolute Gasteiger partial charge is 0.350 e. The lowest BCUT2D eigenvalue weighted by atomic mass is 10.0. The van der Waals surface area contributed by atoms with Crippen LogP contribution in [0.4, 0.5) is 0 Å². The monoisotopic (exact) mass is 556 g/mol. The fraction of sp³-hybridized carbons (Fsp3) is 0.333. The second-order valence-electron chi connectivity index (χ2n) is 10.1. The summed E-state index contributed by atoms with van der Waals surface area (Å²) < 4.78 is 0. The molecule has 3 rings (SSSR count). The standard InChI is InChI=1S/C30H34Cl2N2O2S/c1-21-13-15-23(16-14-21)37-18-17-28(35)34(20-24-25(31)11-8-12-26(24)32)27(29(36)33-30(2,3)4)19-22-9-6-5-7-10-22/h5-16,27H,17-20H2,1-4H3,(H,33,36)/t27-/m1/s1. The molecule has 0 aliphatic rings. The molecule has 0 radical (unpaired) electrons. The fourth-order valence-corrected chi connectivity index (χ4v) is 5.25. The molecule has 0 unspecified atom stereocenters. The molecule has 0 saturated heterocycles. The van der Waals surface area contributed by atoms with E-state index in [1.807, 2.05) is 58.0 Å². The van der Waals surface area contributed by atoms with Crippen molar-refractivity contribution in [3.63, 3.8) is 0 Å². The molecule has 0 aliphatic carbocycles. The smallest absolute Gasteiger partial charge is 0.243 e. The summed E-state index contributed by atoms with van der Waals surface area (Å²) in [5.74, 6) is 0.257. The van der Waals surface area contributed by atoms with Crippen molar-refractivity contribution in [3.05, 3.63) is 99.5 Å². The Balaban J connectivity index is 1.91. The van der Waals surface area contributed by atoms with Gasteiger partial charge < -0.3 is 10.2 Å². The van der Waals surface area contributed by atoms with Crippen molar-refractivity contribution >= 4 is 46.8 Å². The van der Waals surface area contributed by atoms with Crippen LogP contribution in [0, 0.1) is 6.92 Å². The Morgan fingerprint density at radius 3 is 2.14 bits per heavy atom. The predicted octanol–water partition coefficient (Wildman–Crippen LogP) is 7.34. The molecular weight excluding hydrogens is 523 g/mol. The van der Waals surface area contributed by atoms with Gasteiger partial charge in [0.05, 0.1) is 0 Å². The van der Waals surface area contributed by atoms with Crippen LogP contribution < -0.4 is 5.32 Å². The number of carbonyl (C=O) groups excluding carboxylic acids is 2. The molecule has 4 nitrogen and oxygen atoms in total. The number of rotatable bonds is 10. The van der Waals surface area contributed by atoms with Crippen LogP contribution in [-0.2, 0) is 22.6 Å². The van der Waals surface area contributed by atoms with E-state index in [1.165, 1.54) is 5.56 Å². The highest BCUT2D eigenvalue weighted by Gasteiger charge is 2.32. The Morgan fingerprint density at radius 2 is 1.54 bits per heavy atom. The Hall–Kier alpha value is -2.47. The summed E-state index contributed by atoms with van der Waals surface area (Å²) >= 11 is 14.6. The van der Waals surface area contributed by atoms with E-state index < -0.39 is 11.6 Å². The molecule has 1 N–H and O–H groups in total. The predicted molar refractivity (Wildman–Crippen MR) is 155 cm³/mol. The molecule has 3 aromatic carbocycles. The number of halogens is 2. The van der Waals surface area contributed by atoms with E-state index in [2.05, 4.69) is 29.6 Å². The van der Waals surface area contributed by atoms with E-state index in [0.29, 0.717) is 27.8 Å². The number of thioether (sulfide) groups is 1. The molecule has 0 fully saturated rings. The maximum absolute atomic E-state index is 13.8. The van der Waals surface area contributed by atoms with Gasteiger partial charge in [0.2, 0.25) is 11.8 Å². The van der Waals surface area contributed by atoms with Gasteiger partial charge in [-0.05, 0) is 57.5 Å².